The number of piperazine rings is 1. The molecule has 1 atom stereocenters. The minimum absolute atomic E-state index is 0. The number of halogens is 1. The van der Waals surface area contributed by atoms with Crippen molar-refractivity contribution in [1.82, 2.24) is 10.2 Å². The number of rotatable bonds is 2. The van der Waals surface area contributed by atoms with Crippen LogP contribution in [-0.4, -0.2) is 42.4 Å². The highest BCUT2D eigenvalue weighted by Gasteiger charge is 2.21. The van der Waals surface area contributed by atoms with Crippen LogP contribution in [0.25, 0.3) is 0 Å². The van der Waals surface area contributed by atoms with Crippen molar-refractivity contribution >= 4 is 24.2 Å². The van der Waals surface area contributed by atoms with Crippen LogP contribution in [0.15, 0.2) is 0 Å². The lowest BCUT2D eigenvalue weighted by Gasteiger charge is -2.31. The summed E-state index contributed by atoms with van der Waals surface area (Å²) in [5, 5.41) is 3.21. The fourth-order valence-electron chi connectivity index (χ4n) is 1.42. The Morgan fingerprint density at radius 3 is 2.71 bits per heavy atom. The van der Waals surface area contributed by atoms with Crippen molar-refractivity contribution in [3.8, 4) is 0 Å². The summed E-state index contributed by atoms with van der Waals surface area (Å²) in [6.07, 6.45) is -0.174. The van der Waals surface area contributed by atoms with Gasteiger partial charge in [-0.25, -0.2) is 0 Å². The second kappa shape index (κ2) is 5.82. The third-order valence-corrected chi connectivity index (χ3v) is 2.05. The van der Waals surface area contributed by atoms with Gasteiger partial charge in [0.25, 0.3) is 0 Å². The number of carbonyl (C=O) groups excluding carboxylic acids is 2. The van der Waals surface area contributed by atoms with Crippen LogP contribution in [0, 0.1) is 0 Å². The number of hydrogen-bond acceptors (Lipinski definition) is 3. The van der Waals surface area contributed by atoms with Crippen molar-refractivity contribution in [1.29, 1.82) is 0 Å². The maximum absolute atomic E-state index is 11.4. The van der Waals surface area contributed by atoms with E-state index in [0.29, 0.717) is 19.1 Å². The standard InChI is InChI=1S/C8H15N3O2.ClH/c1-6-5-11(3-2-10-6)8(13)4-7(9)12;/h6,10H,2-5H2,1H3,(H2,9,12);1H. The predicted molar refractivity (Wildman–Crippen MR) is 55.1 cm³/mol. The van der Waals surface area contributed by atoms with Gasteiger partial charge in [-0.1, -0.05) is 0 Å². The van der Waals surface area contributed by atoms with E-state index >= 15 is 0 Å². The Balaban J connectivity index is 0.00000169. The maximum atomic E-state index is 11.4. The summed E-state index contributed by atoms with van der Waals surface area (Å²) in [5.41, 5.74) is 4.93. The fraction of sp³-hybridized carbons (Fsp3) is 0.750. The maximum Gasteiger partial charge on any atom is 0.232 e. The first-order valence-electron chi connectivity index (χ1n) is 4.39. The van der Waals surface area contributed by atoms with Gasteiger partial charge in [-0.05, 0) is 6.92 Å². The lowest BCUT2D eigenvalue weighted by molar-refractivity contribution is -0.136. The molecule has 82 valence electrons. The first kappa shape index (κ1) is 13.2. The lowest BCUT2D eigenvalue weighted by atomic mass is 10.2. The highest BCUT2D eigenvalue weighted by molar-refractivity contribution is 5.96. The Hall–Kier alpha value is -0.810. The molecule has 1 aliphatic rings. The van der Waals surface area contributed by atoms with E-state index in [4.69, 9.17) is 5.73 Å². The number of amides is 2. The van der Waals surface area contributed by atoms with E-state index in [0.717, 1.165) is 6.54 Å². The molecule has 0 saturated carbocycles. The molecule has 0 aliphatic carbocycles. The molecule has 1 fully saturated rings. The average Bonchev–Trinajstić information content (AvgIpc) is 2.03. The molecule has 3 N–H and O–H groups in total. The molecule has 2 amide bonds. The van der Waals surface area contributed by atoms with Gasteiger partial charge >= 0.3 is 0 Å². The Morgan fingerprint density at radius 2 is 2.21 bits per heavy atom. The Kier molecular flexibility index (Phi) is 5.49. The molecular formula is C8H16ClN3O2. The van der Waals surface area contributed by atoms with E-state index in [9.17, 15) is 9.59 Å². The smallest absolute Gasteiger partial charge is 0.232 e. The van der Waals surface area contributed by atoms with Crippen molar-refractivity contribution in [3.05, 3.63) is 0 Å². The largest absolute Gasteiger partial charge is 0.369 e. The van der Waals surface area contributed by atoms with E-state index in [1.807, 2.05) is 6.92 Å². The average molecular weight is 222 g/mol. The van der Waals surface area contributed by atoms with Gasteiger partial charge in [0.15, 0.2) is 0 Å². The van der Waals surface area contributed by atoms with Crippen molar-refractivity contribution in [2.24, 2.45) is 5.73 Å². The number of primary amides is 1. The number of carbonyl (C=O) groups is 2. The van der Waals surface area contributed by atoms with Gasteiger partial charge in [-0.3, -0.25) is 9.59 Å². The Labute approximate surface area is 89.4 Å². The molecule has 1 rings (SSSR count). The SMILES string of the molecule is CC1CN(C(=O)CC(N)=O)CCN1.Cl. The number of nitrogens with zero attached hydrogens (tertiary/aromatic N) is 1. The van der Waals surface area contributed by atoms with Gasteiger partial charge in [0.1, 0.15) is 6.42 Å². The number of nitrogens with two attached hydrogens (primary N) is 1. The summed E-state index contributed by atoms with van der Waals surface area (Å²) >= 11 is 0. The van der Waals surface area contributed by atoms with Gasteiger partial charge in [0, 0.05) is 25.7 Å². The summed E-state index contributed by atoms with van der Waals surface area (Å²) in [7, 11) is 0. The van der Waals surface area contributed by atoms with Crippen molar-refractivity contribution in [2.75, 3.05) is 19.6 Å². The molecular weight excluding hydrogens is 206 g/mol. The molecule has 1 saturated heterocycles. The van der Waals surface area contributed by atoms with Crippen LogP contribution in [0.5, 0.6) is 0 Å². The summed E-state index contributed by atoms with van der Waals surface area (Å²) in [6, 6.07) is 0.297. The van der Waals surface area contributed by atoms with Crippen LogP contribution in [-0.2, 0) is 9.59 Å². The summed E-state index contributed by atoms with van der Waals surface area (Å²) in [4.78, 5) is 23.5. The summed E-state index contributed by atoms with van der Waals surface area (Å²) in [5.74, 6) is -0.725. The highest BCUT2D eigenvalue weighted by Crippen LogP contribution is 2.00. The predicted octanol–water partition coefficient (Wildman–Crippen LogP) is -0.896. The van der Waals surface area contributed by atoms with E-state index < -0.39 is 5.91 Å². The lowest BCUT2D eigenvalue weighted by Crippen LogP contribution is -2.51. The molecule has 0 aromatic carbocycles. The van der Waals surface area contributed by atoms with Gasteiger partial charge in [-0.15, -0.1) is 12.4 Å². The van der Waals surface area contributed by atoms with Crippen LogP contribution < -0.4 is 11.1 Å². The molecule has 1 aliphatic heterocycles. The molecule has 0 aromatic rings. The van der Waals surface area contributed by atoms with Crippen molar-refractivity contribution in [3.63, 3.8) is 0 Å². The quantitative estimate of drug-likeness (QED) is 0.594. The zero-order chi connectivity index (χ0) is 9.84. The molecule has 0 spiro atoms. The molecule has 5 nitrogen and oxygen atoms in total. The molecule has 6 heteroatoms. The van der Waals surface area contributed by atoms with E-state index in [-0.39, 0.29) is 24.7 Å². The van der Waals surface area contributed by atoms with Crippen LogP contribution in [0.4, 0.5) is 0 Å². The van der Waals surface area contributed by atoms with Crippen molar-refractivity contribution in [2.45, 2.75) is 19.4 Å². The van der Waals surface area contributed by atoms with Crippen LogP contribution in [0.2, 0.25) is 0 Å². The molecule has 14 heavy (non-hydrogen) atoms. The van der Waals surface area contributed by atoms with Crippen LogP contribution in [0.1, 0.15) is 13.3 Å². The monoisotopic (exact) mass is 221 g/mol. The van der Waals surface area contributed by atoms with E-state index in [1.165, 1.54) is 0 Å². The third-order valence-electron chi connectivity index (χ3n) is 2.05. The zero-order valence-electron chi connectivity index (χ0n) is 8.16. The first-order chi connectivity index (χ1) is 6.09. The van der Waals surface area contributed by atoms with Crippen LogP contribution in [0.3, 0.4) is 0 Å². The van der Waals surface area contributed by atoms with Gasteiger partial charge in [-0.2, -0.15) is 0 Å². The second-order valence-electron chi connectivity index (χ2n) is 3.34. The van der Waals surface area contributed by atoms with Gasteiger partial charge in [0.05, 0.1) is 0 Å². The molecule has 1 unspecified atom stereocenters. The number of hydrogen-bond donors (Lipinski definition) is 2. The van der Waals surface area contributed by atoms with Gasteiger partial charge in [0.2, 0.25) is 11.8 Å². The Morgan fingerprint density at radius 1 is 1.57 bits per heavy atom. The first-order valence-corrected chi connectivity index (χ1v) is 4.39. The second-order valence-corrected chi connectivity index (χ2v) is 3.34. The zero-order valence-corrected chi connectivity index (χ0v) is 8.97. The Bertz CT molecular complexity index is 223. The molecule has 1 heterocycles. The fourth-order valence-corrected chi connectivity index (χ4v) is 1.42. The molecule has 0 aromatic heterocycles. The molecule has 0 radical (unpaired) electrons. The van der Waals surface area contributed by atoms with E-state index in [1.54, 1.807) is 4.90 Å². The minimum atomic E-state index is -0.559. The topological polar surface area (TPSA) is 75.4 Å². The highest BCUT2D eigenvalue weighted by atomic mass is 35.5. The summed E-state index contributed by atoms with van der Waals surface area (Å²) in [6.45, 7) is 4.11. The number of nitrogens with one attached hydrogen (secondary N) is 1. The van der Waals surface area contributed by atoms with Gasteiger partial charge < -0.3 is 16.0 Å². The summed E-state index contributed by atoms with van der Waals surface area (Å²) < 4.78 is 0. The van der Waals surface area contributed by atoms with Crippen LogP contribution >= 0.6 is 12.4 Å². The van der Waals surface area contributed by atoms with E-state index in [2.05, 4.69) is 5.32 Å². The third kappa shape index (κ3) is 3.93. The minimum Gasteiger partial charge on any atom is -0.369 e. The normalized spacial score (nSPS) is 21.2. The van der Waals surface area contributed by atoms with Crippen molar-refractivity contribution < 1.29 is 9.59 Å². The molecule has 0 bridgehead atoms.